The molecule has 3 nitrogen and oxygen atoms in total. The molecular weight excluding hydrogens is 248 g/mol. The Morgan fingerprint density at radius 1 is 1.35 bits per heavy atom. The second kappa shape index (κ2) is 6.33. The van der Waals surface area contributed by atoms with E-state index in [1.807, 2.05) is 12.3 Å². The van der Waals surface area contributed by atoms with Crippen LogP contribution in [0.25, 0.3) is 10.9 Å². The lowest BCUT2D eigenvalue weighted by molar-refractivity contribution is -0.0275. The molecule has 1 fully saturated rings. The summed E-state index contributed by atoms with van der Waals surface area (Å²) in [6.45, 7) is 5.08. The molecule has 2 atom stereocenters. The number of hydrogen-bond acceptors (Lipinski definition) is 3. The summed E-state index contributed by atoms with van der Waals surface area (Å²) in [6, 6.07) is 10.6. The van der Waals surface area contributed by atoms with Gasteiger partial charge >= 0.3 is 0 Å². The predicted molar refractivity (Wildman–Crippen MR) is 81.7 cm³/mol. The maximum absolute atomic E-state index is 6.06. The lowest BCUT2D eigenvalue weighted by atomic mass is 9.89. The largest absolute Gasteiger partial charge is 0.373 e. The smallest absolute Gasteiger partial charge is 0.0865 e. The Morgan fingerprint density at radius 2 is 2.30 bits per heavy atom. The second-order valence-electron chi connectivity index (χ2n) is 5.46. The highest BCUT2D eigenvalue weighted by molar-refractivity contribution is 5.79. The Kier molecular flexibility index (Phi) is 4.28. The van der Waals surface area contributed by atoms with Gasteiger partial charge in [0.2, 0.25) is 0 Å². The lowest BCUT2D eigenvalue weighted by Gasteiger charge is -2.32. The number of ether oxygens (including phenoxy) is 1. The maximum atomic E-state index is 6.06. The Balaban J connectivity index is 1.86. The number of rotatable bonds is 4. The van der Waals surface area contributed by atoms with Gasteiger partial charge in [-0.2, -0.15) is 0 Å². The maximum Gasteiger partial charge on any atom is 0.0865 e. The molecule has 3 heteroatoms. The molecule has 1 aromatic heterocycles. The van der Waals surface area contributed by atoms with Crippen molar-refractivity contribution < 1.29 is 4.74 Å². The molecule has 1 aliphatic rings. The first-order valence-electron chi connectivity index (χ1n) is 7.55. The Bertz CT molecular complexity index is 570. The Morgan fingerprint density at radius 3 is 3.20 bits per heavy atom. The Labute approximate surface area is 120 Å². The van der Waals surface area contributed by atoms with E-state index < -0.39 is 0 Å². The van der Waals surface area contributed by atoms with E-state index in [-0.39, 0.29) is 6.10 Å². The highest BCUT2D eigenvalue weighted by Crippen LogP contribution is 2.34. The van der Waals surface area contributed by atoms with Crippen LogP contribution < -0.4 is 5.32 Å². The average Bonchev–Trinajstić information content (AvgIpc) is 2.53. The molecule has 0 bridgehead atoms. The fourth-order valence-corrected chi connectivity index (χ4v) is 3.02. The first-order valence-corrected chi connectivity index (χ1v) is 7.55. The molecule has 2 aromatic rings. The van der Waals surface area contributed by atoms with Crippen molar-refractivity contribution in [2.45, 2.75) is 25.9 Å². The number of fused-ring (bicyclic) bond motifs is 1. The van der Waals surface area contributed by atoms with Crippen LogP contribution in [-0.2, 0) is 4.74 Å². The minimum Gasteiger partial charge on any atom is -0.373 e. The topological polar surface area (TPSA) is 34.1 Å². The van der Waals surface area contributed by atoms with Crippen LogP contribution in [0.1, 0.15) is 31.4 Å². The van der Waals surface area contributed by atoms with Crippen molar-refractivity contribution in [3.63, 3.8) is 0 Å². The van der Waals surface area contributed by atoms with Crippen LogP contribution in [-0.4, -0.2) is 24.7 Å². The number of pyridine rings is 1. The van der Waals surface area contributed by atoms with Crippen LogP contribution >= 0.6 is 0 Å². The van der Waals surface area contributed by atoms with Gasteiger partial charge in [0.25, 0.3) is 0 Å². The normalized spacial score (nSPS) is 23.1. The molecule has 1 aromatic carbocycles. The van der Waals surface area contributed by atoms with Gasteiger partial charge in [-0.1, -0.05) is 19.1 Å². The number of nitrogens with one attached hydrogen (secondary N) is 1. The number of aromatic nitrogens is 1. The summed E-state index contributed by atoms with van der Waals surface area (Å²) in [7, 11) is 0. The summed E-state index contributed by atoms with van der Waals surface area (Å²) in [5, 5.41) is 4.66. The molecule has 106 valence electrons. The van der Waals surface area contributed by atoms with E-state index >= 15 is 0 Å². The molecule has 0 saturated carbocycles. The Hall–Kier alpha value is -1.45. The van der Waals surface area contributed by atoms with Crippen molar-refractivity contribution in [2.75, 3.05) is 19.7 Å². The van der Waals surface area contributed by atoms with Gasteiger partial charge in [-0.3, -0.25) is 4.98 Å². The molecule has 1 N–H and O–H groups in total. The van der Waals surface area contributed by atoms with Crippen LogP contribution in [0.4, 0.5) is 0 Å². The molecule has 20 heavy (non-hydrogen) atoms. The first-order chi connectivity index (χ1) is 9.88. The predicted octanol–water partition coefficient (Wildman–Crippen LogP) is 3.31. The van der Waals surface area contributed by atoms with E-state index in [0.717, 1.165) is 25.2 Å². The number of nitrogens with zero attached hydrogens (tertiary/aromatic N) is 1. The zero-order valence-electron chi connectivity index (χ0n) is 12.0. The van der Waals surface area contributed by atoms with Gasteiger partial charge in [0, 0.05) is 30.7 Å². The van der Waals surface area contributed by atoms with Crippen molar-refractivity contribution in [3.8, 4) is 0 Å². The summed E-state index contributed by atoms with van der Waals surface area (Å²) in [5.41, 5.74) is 2.34. The van der Waals surface area contributed by atoms with Crippen LogP contribution in [0.5, 0.6) is 0 Å². The van der Waals surface area contributed by atoms with Gasteiger partial charge in [-0.05, 0) is 43.1 Å². The fourth-order valence-electron chi connectivity index (χ4n) is 3.02. The van der Waals surface area contributed by atoms with Crippen LogP contribution in [0.15, 0.2) is 36.5 Å². The van der Waals surface area contributed by atoms with Gasteiger partial charge in [-0.25, -0.2) is 0 Å². The summed E-state index contributed by atoms with van der Waals surface area (Å²) in [6.07, 6.45) is 4.46. The monoisotopic (exact) mass is 270 g/mol. The quantitative estimate of drug-likeness (QED) is 0.925. The van der Waals surface area contributed by atoms with E-state index in [9.17, 15) is 0 Å². The minimum absolute atomic E-state index is 0.215. The first kappa shape index (κ1) is 13.5. The number of benzene rings is 1. The summed E-state index contributed by atoms with van der Waals surface area (Å²) >= 11 is 0. The third-order valence-electron chi connectivity index (χ3n) is 4.06. The van der Waals surface area contributed by atoms with Gasteiger partial charge in [0.1, 0.15) is 0 Å². The van der Waals surface area contributed by atoms with Crippen molar-refractivity contribution in [2.24, 2.45) is 5.92 Å². The standard InChI is InChI=1S/C17H22N2O/c1-2-18-12-15-6-4-10-20-17(15)14-7-8-16-13(11-14)5-3-9-19-16/h3,5,7-9,11,15,17-18H,2,4,6,10,12H2,1H3. The molecule has 1 aliphatic heterocycles. The zero-order valence-corrected chi connectivity index (χ0v) is 12.0. The molecular formula is C17H22N2O. The molecule has 0 amide bonds. The summed E-state index contributed by atoms with van der Waals surface area (Å²) in [4.78, 5) is 4.38. The molecule has 0 radical (unpaired) electrons. The molecule has 2 unspecified atom stereocenters. The van der Waals surface area contributed by atoms with E-state index in [0.29, 0.717) is 5.92 Å². The van der Waals surface area contributed by atoms with Gasteiger partial charge < -0.3 is 10.1 Å². The van der Waals surface area contributed by atoms with Crippen molar-refractivity contribution in [1.82, 2.24) is 10.3 Å². The van der Waals surface area contributed by atoms with Gasteiger partial charge in [0.05, 0.1) is 11.6 Å². The highest BCUT2D eigenvalue weighted by atomic mass is 16.5. The number of hydrogen-bond donors (Lipinski definition) is 1. The van der Waals surface area contributed by atoms with Crippen molar-refractivity contribution in [1.29, 1.82) is 0 Å². The molecule has 0 spiro atoms. The van der Waals surface area contributed by atoms with Crippen molar-refractivity contribution >= 4 is 10.9 Å². The summed E-state index contributed by atoms with van der Waals surface area (Å²) < 4.78 is 6.06. The molecule has 1 saturated heterocycles. The van der Waals surface area contributed by atoms with E-state index in [1.54, 1.807) is 0 Å². The van der Waals surface area contributed by atoms with Crippen molar-refractivity contribution in [3.05, 3.63) is 42.1 Å². The molecule has 3 rings (SSSR count). The van der Waals surface area contributed by atoms with Gasteiger partial charge in [0.15, 0.2) is 0 Å². The zero-order chi connectivity index (χ0) is 13.8. The van der Waals surface area contributed by atoms with E-state index in [1.165, 1.54) is 23.8 Å². The molecule has 2 heterocycles. The van der Waals surface area contributed by atoms with Crippen LogP contribution in [0, 0.1) is 5.92 Å². The van der Waals surface area contributed by atoms with Crippen LogP contribution in [0.2, 0.25) is 0 Å². The SMILES string of the molecule is CCNCC1CCCOC1c1ccc2ncccc2c1. The van der Waals surface area contributed by atoms with Gasteiger partial charge in [-0.15, -0.1) is 0 Å². The third kappa shape index (κ3) is 2.84. The fraction of sp³-hybridized carbons (Fsp3) is 0.471. The second-order valence-corrected chi connectivity index (χ2v) is 5.46. The molecule has 0 aliphatic carbocycles. The van der Waals surface area contributed by atoms with E-state index in [4.69, 9.17) is 4.74 Å². The highest BCUT2D eigenvalue weighted by Gasteiger charge is 2.27. The third-order valence-corrected chi connectivity index (χ3v) is 4.06. The van der Waals surface area contributed by atoms with Crippen LogP contribution in [0.3, 0.4) is 0 Å². The minimum atomic E-state index is 0.215. The average molecular weight is 270 g/mol. The van der Waals surface area contributed by atoms with E-state index in [2.05, 4.69) is 41.5 Å². The summed E-state index contributed by atoms with van der Waals surface area (Å²) in [5.74, 6) is 0.567. The lowest BCUT2D eigenvalue weighted by Crippen LogP contribution is -2.31.